The summed E-state index contributed by atoms with van der Waals surface area (Å²) in [7, 11) is 1.68. The molecule has 1 aliphatic rings. The molecule has 2 aromatic carbocycles. The van der Waals surface area contributed by atoms with Crippen LogP contribution in [0.4, 0.5) is 5.82 Å². The lowest BCUT2D eigenvalue weighted by molar-refractivity contribution is -0.112. The third kappa shape index (κ3) is 5.41. The van der Waals surface area contributed by atoms with Crippen LogP contribution in [0.3, 0.4) is 0 Å². The number of carbonyl (C=O) groups excluding carboxylic acids is 1. The number of methoxy groups -OCH3 is 1. The summed E-state index contributed by atoms with van der Waals surface area (Å²) >= 11 is 0. The van der Waals surface area contributed by atoms with Crippen LogP contribution >= 0.6 is 0 Å². The highest BCUT2D eigenvalue weighted by Crippen LogP contribution is 2.35. The van der Waals surface area contributed by atoms with Crippen molar-refractivity contribution in [1.29, 1.82) is 0 Å². The lowest BCUT2D eigenvalue weighted by atomic mass is 9.91. The Hall–Kier alpha value is -4.17. The Morgan fingerprint density at radius 2 is 1.85 bits per heavy atom. The van der Waals surface area contributed by atoms with Gasteiger partial charge in [-0.3, -0.25) is 4.79 Å². The quantitative estimate of drug-likeness (QED) is 0.303. The van der Waals surface area contributed by atoms with Gasteiger partial charge in [0.25, 0.3) is 5.91 Å². The molecule has 0 bridgehead atoms. The van der Waals surface area contributed by atoms with Crippen LogP contribution in [0.2, 0.25) is 0 Å². The van der Waals surface area contributed by atoms with E-state index in [1.807, 2.05) is 44.2 Å². The molecule has 5 heteroatoms. The van der Waals surface area contributed by atoms with Crippen LogP contribution in [0.1, 0.15) is 36.4 Å². The normalized spacial score (nSPS) is 12.2. The van der Waals surface area contributed by atoms with Crippen LogP contribution in [0.5, 0.6) is 5.75 Å². The summed E-state index contributed by atoms with van der Waals surface area (Å²) in [6.45, 7) is 3.74. The monoisotopic (exact) mass is 451 g/mol. The first kappa shape index (κ1) is 24.5. The van der Waals surface area contributed by atoms with Gasteiger partial charge in [0.2, 0.25) is 0 Å². The molecule has 172 valence electrons. The van der Waals surface area contributed by atoms with Crippen LogP contribution < -0.4 is 10.1 Å². The average molecular weight is 452 g/mol. The van der Waals surface area contributed by atoms with E-state index in [0.29, 0.717) is 17.8 Å². The van der Waals surface area contributed by atoms with Crippen molar-refractivity contribution in [2.24, 2.45) is 0 Å². The zero-order valence-corrected chi connectivity index (χ0v) is 19.8. The Labute approximate surface area is 201 Å². The number of fused-ring (bicyclic) bond motifs is 3. The number of carbonyl (C=O) groups is 1. The molecule has 1 heterocycles. The lowest BCUT2D eigenvalue weighted by Crippen LogP contribution is -2.19. The fraction of sp³-hybridized carbons (Fsp3) is 0.207. The van der Waals surface area contributed by atoms with E-state index in [9.17, 15) is 4.79 Å². The number of rotatable bonds is 6. The van der Waals surface area contributed by atoms with Gasteiger partial charge in [0, 0.05) is 17.6 Å². The minimum absolute atomic E-state index is 0.185. The molecule has 0 aliphatic heterocycles. The molecule has 0 fully saturated rings. The summed E-state index contributed by atoms with van der Waals surface area (Å²) in [6, 6.07) is 16.2. The SMILES string of the molecule is C#C.C/C=C\C(=C/C)C(=O)Nc1nc2c(nc1Cc1ccccc1)-c1ccc(OC)cc1CC2. The largest absolute Gasteiger partial charge is 0.497 e. The van der Waals surface area contributed by atoms with Gasteiger partial charge in [0.1, 0.15) is 5.75 Å². The van der Waals surface area contributed by atoms with E-state index >= 15 is 0 Å². The van der Waals surface area contributed by atoms with Crippen molar-refractivity contribution in [3.8, 4) is 29.9 Å². The maximum Gasteiger partial charge on any atom is 0.256 e. The molecule has 3 aromatic rings. The van der Waals surface area contributed by atoms with Crippen molar-refractivity contribution in [2.75, 3.05) is 12.4 Å². The maximum absolute atomic E-state index is 12.9. The molecule has 1 amide bonds. The minimum Gasteiger partial charge on any atom is -0.497 e. The number of ether oxygens (including phenoxy) is 1. The Morgan fingerprint density at radius 1 is 1.09 bits per heavy atom. The van der Waals surface area contributed by atoms with Gasteiger partial charge < -0.3 is 10.1 Å². The van der Waals surface area contributed by atoms with Gasteiger partial charge >= 0.3 is 0 Å². The molecule has 1 aliphatic carbocycles. The van der Waals surface area contributed by atoms with Crippen molar-refractivity contribution >= 4 is 11.7 Å². The summed E-state index contributed by atoms with van der Waals surface area (Å²) in [5.41, 5.74) is 6.54. The van der Waals surface area contributed by atoms with Crippen LogP contribution in [0, 0.1) is 12.8 Å². The third-order valence-electron chi connectivity index (χ3n) is 5.60. The number of nitrogens with zero attached hydrogens (tertiary/aromatic N) is 2. The molecule has 0 saturated carbocycles. The maximum atomic E-state index is 12.9. The topological polar surface area (TPSA) is 64.1 Å². The summed E-state index contributed by atoms with van der Waals surface area (Å²) in [4.78, 5) is 22.8. The number of benzene rings is 2. The van der Waals surface area contributed by atoms with Crippen LogP contribution in [0.25, 0.3) is 11.3 Å². The molecule has 34 heavy (non-hydrogen) atoms. The molecule has 1 N–H and O–H groups in total. The van der Waals surface area contributed by atoms with E-state index in [2.05, 4.69) is 42.4 Å². The van der Waals surface area contributed by atoms with E-state index in [1.54, 1.807) is 19.3 Å². The van der Waals surface area contributed by atoms with Crippen molar-refractivity contribution in [2.45, 2.75) is 33.1 Å². The van der Waals surface area contributed by atoms with Gasteiger partial charge in [-0.25, -0.2) is 9.97 Å². The molecule has 0 spiro atoms. The molecule has 0 saturated heterocycles. The van der Waals surface area contributed by atoms with Crippen LogP contribution in [-0.2, 0) is 24.1 Å². The molecule has 4 rings (SSSR count). The number of anilines is 1. The van der Waals surface area contributed by atoms with Gasteiger partial charge in [-0.05, 0) is 56.0 Å². The second-order valence-corrected chi connectivity index (χ2v) is 7.70. The number of allylic oxidation sites excluding steroid dienone is 2. The predicted octanol–water partition coefficient (Wildman–Crippen LogP) is 5.55. The van der Waals surface area contributed by atoms with Crippen LogP contribution in [-0.4, -0.2) is 23.0 Å². The van der Waals surface area contributed by atoms with E-state index in [0.717, 1.165) is 46.8 Å². The molecular formula is C29H29N3O2. The highest BCUT2D eigenvalue weighted by atomic mass is 16.5. The standard InChI is InChI=1S/C27H27N3O2.C2H2/c1-4-9-19(5-2)27(31)30-26-24(16-18-10-7-6-8-11-18)28-25-22-14-13-21(32-3)17-20(22)12-15-23(25)29-26;1-2/h4-11,13-14,17H,12,15-16H2,1-3H3,(H,29,30,31);1-2H/b9-4-,19-5+;. The average Bonchev–Trinajstić information content (AvgIpc) is 2.88. The minimum atomic E-state index is -0.185. The highest BCUT2D eigenvalue weighted by molar-refractivity contribution is 6.05. The second-order valence-electron chi connectivity index (χ2n) is 7.70. The summed E-state index contributed by atoms with van der Waals surface area (Å²) < 4.78 is 5.39. The van der Waals surface area contributed by atoms with E-state index in [4.69, 9.17) is 14.7 Å². The summed E-state index contributed by atoms with van der Waals surface area (Å²) in [6.07, 6.45) is 15.6. The Kier molecular flexibility index (Phi) is 8.37. The third-order valence-corrected chi connectivity index (χ3v) is 5.60. The number of nitrogens with one attached hydrogen (secondary N) is 1. The molecule has 0 unspecified atom stereocenters. The van der Waals surface area contributed by atoms with E-state index in [1.165, 1.54) is 5.56 Å². The van der Waals surface area contributed by atoms with Crippen molar-refractivity contribution in [3.63, 3.8) is 0 Å². The van der Waals surface area contributed by atoms with E-state index in [-0.39, 0.29) is 5.91 Å². The van der Waals surface area contributed by atoms with Gasteiger partial charge in [-0.15, -0.1) is 12.8 Å². The number of terminal acetylenes is 1. The predicted molar refractivity (Wildman–Crippen MR) is 138 cm³/mol. The number of aryl methyl sites for hydroxylation is 2. The van der Waals surface area contributed by atoms with Crippen LogP contribution in [0.15, 0.2) is 72.3 Å². The fourth-order valence-corrected chi connectivity index (χ4v) is 3.96. The first-order valence-corrected chi connectivity index (χ1v) is 11.2. The summed E-state index contributed by atoms with van der Waals surface area (Å²) in [5, 5.41) is 3.01. The molecular weight excluding hydrogens is 422 g/mol. The molecule has 1 aromatic heterocycles. The first-order valence-electron chi connectivity index (χ1n) is 11.2. The van der Waals surface area contributed by atoms with Crippen molar-refractivity contribution < 1.29 is 9.53 Å². The highest BCUT2D eigenvalue weighted by Gasteiger charge is 2.23. The molecule has 0 atom stereocenters. The van der Waals surface area contributed by atoms with Gasteiger partial charge in [0.05, 0.1) is 24.2 Å². The van der Waals surface area contributed by atoms with Gasteiger partial charge in [-0.2, -0.15) is 0 Å². The number of aromatic nitrogens is 2. The van der Waals surface area contributed by atoms with Gasteiger partial charge in [-0.1, -0.05) is 48.6 Å². The Bertz CT molecular complexity index is 1240. The smallest absolute Gasteiger partial charge is 0.256 e. The zero-order chi connectivity index (χ0) is 24.5. The lowest BCUT2D eigenvalue weighted by Gasteiger charge is -2.21. The molecule has 5 nitrogen and oxygen atoms in total. The Balaban J connectivity index is 0.00000158. The van der Waals surface area contributed by atoms with Crippen molar-refractivity contribution in [3.05, 3.63) is 94.8 Å². The summed E-state index contributed by atoms with van der Waals surface area (Å²) in [5.74, 6) is 1.19. The number of hydrogen-bond donors (Lipinski definition) is 1. The Morgan fingerprint density at radius 3 is 2.53 bits per heavy atom. The number of amides is 1. The van der Waals surface area contributed by atoms with Crippen molar-refractivity contribution in [1.82, 2.24) is 9.97 Å². The second kappa shape index (κ2) is 11.6. The van der Waals surface area contributed by atoms with Gasteiger partial charge in [0.15, 0.2) is 5.82 Å². The molecule has 0 radical (unpaired) electrons. The zero-order valence-electron chi connectivity index (χ0n) is 19.8. The first-order chi connectivity index (χ1) is 16.6. The fourth-order valence-electron chi connectivity index (χ4n) is 3.96. The number of hydrogen-bond acceptors (Lipinski definition) is 4. The van der Waals surface area contributed by atoms with E-state index < -0.39 is 0 Å².